The molecule has 90 valence electrons. The van der Waals surface area contributed by atoms with E-state index >= 15 is 0 Å². The van der Waals surface area contributed by atoms with Crippen LogP contribution in [0.2, 0.25) is 5.15 Å². The molecular formula is C7H4ClF5N2O. The lowest BCUT2D eigenvalue weighted by Crippen LogP contribution is -2.19. The number of pyridine rings is 1. The van der Waals surface area contributed by atoms with Crippen LogP contribution in [0.15, 0.2) is 6.07 Å². The maximum atomic E-state index is 12.3. The summed E-state index contributed by atoms with van der Waals surface area (Å²) >= 11 is 5.28. The third-order valence-corrected chi connectivity index (χ3v) is 1.61. The molecule has 0 saturated carbocycles. The molecule has 1 heterocycles. The van der Waals surface area contributed by atoms with E-state index in [1.54, 1.807) is 0 Å². The Hall–Kier alpha value is -1.31. The molecule has 9 heteroatoms. The van der Waals surface area contributed by atoms with Gasteiger partial charge in [0.25, 0.3) is 6.43 Å². The second kappa shape index (κ2) is 4.28. The van der Waals surface area contributed by atoms with Gasteiger partial charge in [-0.05, 0) is 0 Å². The zero-order valence-corrected chi connectivity index (χ0v) is 8.11. The lowest BCUT2D eigenvalue weighted by molar-refractivity contribution is -0.275. The van der Waals surface area contributed by atoms with E-state index in [0.29, 0.717) is 0 Å². The van der Waals surface area contributed by atoms with Gasteiger partial charge >= 0.3 is 6.36 Å². The highest BCUT2D eigenvalue weighted by molar-refractivity contribution is 6.29. The summed E-state index contributed by atoms with van der Waals surface area (Å²) in [5.41, 5.74) is 3.18. The quantitative estimate of drug-likeness (QED) is 0.658. The van der Waals surface area contributed by atoms with E-state index < -0.39 is 35.1 Å². The first-order valence-corrected chi connectivity index (χ1v) is 4.08. The molecule has 0 aliphatic rings. The van der Waals surface area contributed by atoms with Crippen molar-refractivity contribution < 1.29 is 26.7 Å². The summed E-state index contributed by atoms with van der Waals surface area (Å²) in [5, 5.41) is -0.442. The molecular weight excluding hydrogens is 259 g/mol. The average Bonchev–Trinajstić information content (AvgIpc) is 2.07. The zero-order valence-electron chi connectivity index (χ0n) is 7.36. The standard InChI is InChI=1S/C7H4ClF5N2O/c8-3-1-2(14)5(16-7(11,12)13)4(15-3)6(9)10/h1,6H,(H2,14,15). The van der Waals surface area contributed by atoms with Crippen LogP contribution in [0, 0.1) is 0 Å². The van der Waals surface area contributed by atoms with Crippen LogP contribution in [0.5, 0.6) is 5.75 Å². The minimum atomic E-state index is -5.13. The van der Waals surface area contributed by atoms with Gasteiger partial charge in [0.05, 0.1) is 5.69 Å². The van der Waals surface area contributed by atoms with E-state index in [1.807, 2.05) is 0 Å². The van der Waals surface area contributed by atoms with Gasteiger partial charge in [-0.2, -0.15) is 0 Å². The Labute approximate surface area is 91.0 Å². The van der Waals surface area contributed by atoms with Crippen LogP contribution >= 0.6 is 11.6 Å². The molecule has 0 saturated heterocycles. The minimum Gasteiger partial charge on any atom is -0.401 e. The fourth-order valence-corrected chi connectivity index (χ4v) is 1.12. The Morgan fingerprint density at radius 1 is 1.38 bits per heavy atom. The molecule has 0 amide bonds. The molecule has 1 aromatic heterocycles. The van der Waals surface area contributed by atoms with Gasteiger partial charge in [-0.3, -0.25) is 0 Å². The van der Waals surface area contributed by atoms with Gasteiger partial charge < -0.3 is 10.5 Å². The number of alkyl halides is 5. The highest BCUT2D eigenvalue weighted by Crippen LogP contribution is 2.37. The van der Waals surface area contributed by atoms with Crippen molar-refractivity contribution in [1.29, 1.82) is 0 Å². The number of nitrogen functional groups attached to an aromatic ring is 1. The second-order valence-electron chi connectivity index (χ2n) is 2.60. The summed E-state index contributed by atoms with van der Waals surface area (Å²) in [4.78, 5) is 3.03. The summed E-state index contributed by atoms with van der Waals surface area (Å²) in [6.45, 7) is 0. The van der Waals surface area contributed by atoms with Crippen LogP contribution in [0.25, 0.3) is 0 Å². The molecule has 0 aliphatic heterocycles. The van der Waals surface area contributed by atoms with Crippen molar-refractivity contribution in [3.63, 3.8) is 0 Å². The predicted molar refractivity (Wildman–Crippen MR) is 45.3 cm³/mol. The Kier molecular flexibility index (Phi) is 3.41. The van der Waals surface area contributed by atoms with Crippen molar-refractivity contribution in [2.45, 2.75) is 12.8 Å². The number of anilines is 1. The number of rotatable bonds is 2. The van der Waals surface area contributed by atoms with Crippen molar-refractivity contribution >= 4 is 17.3 Å². The Morgan fingerprint density at radius 3 is 2.38 bits per heavy atom. The van der Waals surface area contributed by atoms with Crippen LogP contribution in [-0.4, -0.2) is 11.3 Å². The summed E-state index contributed by atoms with van der Waals surface area (Å²) in [6.07, 6.45) is -8.41. The van der Waals surface area contributed by atoms with Crippen LogP contribution in [0.3, 0.4) is 0 Å². The summed E-state index contributed by atoms with van der Waals surface area (Å²) < 4.78 is 63.7. The summed E-state index contributed by atoms with van der Waals surface area (Å²) in [6, 6.07) is 0.786. The Bertz CT molecular complexity index is 395. The highest BCUT2D eigenvalue weighted by atomic mass is 35.5. The predicted octanol–water partition coefficient (Wildman–Crippen LogP) is 3.15. The molecule has 16 heavy (non-hydrogen) atoms. The van der Waals surface area contributed by atoms with Crippen molar-refractivity contribution in [2.24, 2.45) is 0 Å². The third-order valence-electron chi connectivity index (χ3n) is 1.42. The van der Waals surface area contributed by atoms with Gasteiger partial charge in [-0.25, -0.2) is 13.8 Å². The molecule has 0 radical (unpaired) electrons. The number of nitrogens with two attached hydrogens (primary N) is 1. The lowest BCUT2D eigenvalue weighted by atomic mass is 10.3. The topological polar surface area (TPSA) is 48.1 Å². The molecule has 0 fully saturated rings. The van der Waals surface area contributed by atoms with E-state index in [0.717, 1.165) is 6.07 Å². The number of halogens is 6. The van der Waals surface area contributed by atoms with Crippen molar-refractivity contribution in [3.05, 3.63) is 16.9 Å². The maximum absolute atomic E-state index is 12.3. The fraction of sp³-hybridized carbons (Fsp3) is 0.286. The Balaban J connectivity index is 3.25. The molecule has 0 atom stereocenters. The molecule has 0 aliphatic carbocycles. The highest BCUT2D eigenvalue weighted by Gasteiger charge is 2.35. The second-order valence-corrected chi connectivity index (χ2v) is 2.98. The minimum absolute atomic E-state index is 0.442. The first kappa shape index (κ1) is 12.8. The van der Waals surface area contributed by atoms with Gasteiger partial charge in [-0.15, -0.1) is 13.2 Å². The molecule has 0 spiro atoms. The van der Waals surface area contributed by atoms with E-state index in [9.17, 15) is 22.0 Å². The molecule has 0 aromatic carbocycles. The van der Waals surface area contributed by atoms with Gasteiger partial charge in [0, 0.05) is 6.07 Å². The van der Waals surface area contributed by atoms with Crippen molar-refractivity contribution in [3.8, 4) is 5.75 Å². The molecule has 0 unspecified atom stereocenters. The van der Waals surface area contributed by atoms with Crippen LogP contribution in [-0.2, 0) is 0 Å². The van der Waals surface area contributed by atoms with Crippen LogP contribution in [0.1, 0.15) is 12.1 Å². The first-order valence-electron chi connectivity index (χ1n) is 3.70. The number of aromatic nitrogens is 1. The van der Waals surface area contributed by atoms with Crippen LogP contribution < -0.4 is 10.5 Å². The average molecular weight is 263 g/mol. The van der Waals surface area contributed by atoms with E-state index in [4.69, 9.17) is 17.3 Å². The normalized spacial score (nSPS) is 11.9. The molecule has 0 bridgehead atoms. The van der Waals surface area contributed by atoms with E-state index in [1.165, 1.54) is 0 Å². The first-order chi connectivity index (χ1) is 7.20. The molecule has 3 nitrogen and oxygen atoms in total. The van der Waals surface area contributed by atoms with Crippen molar-refractivity contribution in [2.75, 3.05) is 5.73 Å². The van der Waals surface area contributed by atoms with Crippen LogP contribution in [0.4, 0.5) is 27.6 Å². The van der Waals surface area contributed by atoms with E-state index in [2.05, 4.69) is 9.72 Å². The monoisotopic (exact) mass is 262 g/mol. The summed E-state index contributed by atoms with van der Waals surface area (Å²) in [5.74, 6) is -1.23. The van der Waals surface area contributed by atoms with Gasteiger partial charge in [-0.1, -0.05) is 11.6 Å². The molecule has 1 rings (SSSR count). The van der Waals surface area contributed by atoms with Gasteiger partial charge in [0.15, 0.2) is 11.4 Å². The number of nitrogens with zero attached hydrogens (tertiary/aromatic N) is 1. The molecule has 2 N–H and O–H groups in total. The summed E-state index contributed by atoms with van der Waals surface area (Å²) in [7, 11) is 0. The largest absolute Gasteiger partial charge is 0.573 e. The third kappa shape index (κ3) is 3.09. The number of ether oxygens (including phenoxy) is 1. The smallest absolute Gasteiger partial charge is 0.401 e. The van der Waals surface area contributed by atoms with Gasteiger partial charge in [0.1, 0.15) is 5.15 Å². The van der Waals surface area contributed by atoms with Gasteiger partial charge in [0.2, 0.25) is 0 Å². The number of hydrogen-bond acceptors (Lipinski definition) is 3. The fourth-order valence-electron chi connectivity index (χ4n) is 0.915. The van der Waals surface area contributed by atoms with E-state index in [-0.39, 0.29) is 0 Å². The molecule has 1 aromatic rings. The number of hydrogen-bond donors (Lipinski definition) is 1. The Morgan fingerprint density at radius 2 is 1.94 bits per heavy atom. The SMILES string of the molecule is Nc1cc(Cl)nc(C(F)F)c1OC(F)(F)F. The van der Waals surface area contributed by atoms with Crippen molar-refractivity contribution in [1.82, 2.24) is 4.98 Å². The zero-order chi connectivity index (χ0) is 12.5. The maximum Gasteiger partial charge on any atom is 0.573 e. The lowest BCUT2D eigenvalue weighted by Gasteiger charge is -2.14.